The van der Waals surface area contributed by atoms with Crippen molar-refractivity contribution in [1.29, 1.82) is 5.26 Å². The number of piperazine rings is 1. The number of fused-ring (bicyclic) bond motifs is 1. The van der Waals surface area contributed by atoms with Gasteiger partial charge in [0.2, 0.25) is 5.52 Å². The van der Waals surface area contributed by atoms with Crippen molar-refractivity contribution in [2.24, 2.45) is 7.05 Å². The van der Waals surface area contributed by atoms with Gasteiger partial charge in [-0.15, -0.1) is 4.98 Å². The molecule has 0 aliphatic carbocycles. The Labute approximate surface area is 206 Å². The molecule has 1 unspecified atom stereocenters. The van der Waals surface area contributed by atoms with E-state index in [2.05, 4.69) is 14.7 Å². The van der Waals surface area contributed by atoms with Crippen molar-refractivity contribution in [2.45, 2.75) is 45.1 Å². The summed E-state index contributed by atoms with van der Waals surface area (Å²) in [7, 11) is 1.57. The SMILES string of the molecule is [C-]#[N+]c1ccc2c(n1)c(N1C[C@@H](C)N(C(C)c3ccc(C(F)(F)F)cc3)C[C@@H]1C)c(C#N)c(=O)n2C. The number of hydrogen-bond acceptors (Lipinski definition) is 5. The van der Waals surface area contributed by atoms with E-state index in [0.29, 0.717) is 29.8 Å². The lowest BCUT2D eigenvalue weighted by Crippen LogP contribution is -2.57. The standard InChI is InChI=1S/C26H25F3N6O/c1-15-14-35(16(2)13-34(15)17(3)18-6-8-19(9-7-18)26(27,28)29)24-20(12-30)25(36)33(5)21-10-11-22(31-4)32-23(21)24/h6-11,15-17H,13-14H2,1-3,5H3/t15-,16+,17?/m1/s1. The number of aromatic nitrogens is 2. The maximum absolute atomic E-state index is 13.0. The van der Waals surface area contributed by atoms with E-state index in [1.807, 2.05) is 31.7 Å². The number of rotatable bonds is 3. The lowest BCUT2D eigenvalue weighted by atomic mass is 9.98. The molecule has 1 saturated heterocycles. The smallest absolute Gasteiger partial charge is 0.361 e. The van der Waals surface area contributed by atoms with Crippen LogP contribution in [-0.4, -0.2) is 39.6 Å². The highest BCUT2D eigenvalue weighted by molar-refractivity contribution is 5.93. The molecule has 0 spiro atoms. The Morgan fingerprint density at radius 3 is 2.39 bits per heavy atom. The molecular formula is C26H25F3N6O. The number of aryl methyl sites for hydroxylation is 1. The normalized spacial score (nSPS) is 19.6. The highest BCUT2D eigenvalue weighted by atomic mass is 19.4. The van der Waals surface area contributed by atoms with Crippen LogP contribution in [0.4, 0.5) is 24.7 Å². The summed E-state index contributed by atoms with van der Waals surface area (Å²) >= 11 is 0. The molecule has 10 heteroatoms. The molecular weight excluding hydrogens is 469 g/mol. The molecule has 1 aromatic carbocycles. The van der Waals surface area contributed by atoms with Crippen molar-refractivity contribution < 1.29 is 13.2 Å². The fourth-order valence-corrected chi connectivity index (χ4v) is 4.97. The van der Waals surface area contributed by atoms with E-state index in [4.69, 9.17) is 6.57 Å². The van der Waals surface area contributed by atoms with Gasteiger partial charge in [-0.1, -0.05) is 18.7 Å². The second-order valence-electron chi connectivity index (χ2n) is 9.19. The highest BCUT2D eigenvalue weighted by Gasteiger charge is 2.36. The zero-order chi connectivity index (χ0) is 26.4. The first-order valence-electron chi connectivity index (χ1n) is 11.5. The molecule has 0 radical (unpaired) electrons. The highest BCUT2D eigenvalue weighted by Crippen LogP contribution is 2.36. The van der Waals surface area contributed by atoms with Gasteiger partial charge < -0.3 is 14.3 Å². The Hall–Kier alpha value is -3.89. The third-order valence-electron chi connectivity index (χ3n) is 6.97. The number of nitriles is 1. The number of anilines is 1. The maximum Gasteiger partial charge on any atom is 0.416 e. The van der Waals surface area contributed by atoms with Crippen LogP contribution in [0.2, 0.25) is 0 Å². The van der Waals surface area contributed by atoms with E-state index in [9.17, 15) is 23.2 Å². The Balaban J connectivity index is 1.71. The predicted molar refractivity (Wildman–Crippen MR) is 131 cm³/mol. The zero-order valence-corrected chi connectivity index (χ0v) is 20.3. The Morgan fingerprint density at radius 2 is 1.81 bits per heavy atom. The monoisotopic (exact) mass is 494 g/mol. The molecule has 2 aromatic heterocycles. The van der Waals surface area contributed by atoms with Crippen LogP contribution in [0.1, 0.15) is 43.5 Å². The van der Waals surface area contributed by atoms with Gasteiger partial charge in [-0.05, 0) is 50.6 Å². The lowest BCUT2D eigenvalue weighted by Gasteiger charge is -2.47. The summed E-state index contributed by atoms with van der Waals surface area (Å²) in [5.41, 5.74) is 1.00. The third kappa shape index (κ3) is 4.29. The Bertz CT molecular complexity index is 1450. The summed E-state index contributed by atoms with van der Waals surface area (Å²) in [6.45, 7) is 14.3. The zero-order valence-electron chi connectivity index (χ0n) is 20.3. The summed E-state index contributed by atoms with van der Waals surface area (Å²) in [6.07, 6.45) is -4.38. The molecule has 0 saturated carbocycles. The van der Waals surface area contributed by atoms with Crippen LogP contribution in [0.25, 0.3) is 15.9 Å². The average Bonchev–Trinajstić information content (AvgIpc) is 2.86. The second kappa shape index (κ2) is 9.29. The van der Waals surface area contributed by atoms with Crippen LogP contribution in [0.3, 0.4) is 0 Å². The van der Waals surface area contributed by atoms with Gasteiger partial charge in [-0.2, -0.15) is 18.4 Å². The van der Waals surface area contributed by atoms with Crippen molar-refractivity contribution in [2.75, 3.05) is 18.0 Å². The quantitative estimate of drug-likeness (QED) is 0.478. The maximum atomic E-state index is 13.0. The summed E-state index contributed by atoms with van der Waals surface area (Å²) in [5.74, 6) is 0.168. The minimum Gasteiger partial charge on any atom is -0.361 e. The van der Waals surface area contributed by atoms with Gasteiger partial charge in [0.05, 0.1) is 11.1 Å². The van der Waals surface area contributed by atoms with Crippen molar-refractivity contribution in [3.8, 4) is 6.07 Å². The number of hydrogen-bond donors (Lipinski definition) is 0. The number of benzene rings is 1. The predicted octanol–water partition coefficient (Wildman–Crippen LogP) is 5.03. The van der Waals surface area contributed by atoms with E-state index < -0.39 is 17.3 Å². The molecule has 0 N–H and O–H groups in total. The van der Waals surface area contributed by atoms with E-state index in [0.717, 1.165) is 17.7 Å². The van der Waals surface area contributed by atoms with Crippen LogP contribution < -0.4 is 10.5 Å². The fraction of sp³-hybridized carbons (Fsp3) is 0.385. The van der Waals surface area contributed by atoms with Gasteiger partial charge >= 0.3 is 6.18 Å². The van der Waals surface area contributed by atoms with Crippen molar-refractivity contribution >= 4 is 22.5 Å². The number of alkyl halides is 3. The van der Waals surface area contributed by atoms with Crippen LogP contribution in [0.15, 0.2) is 41.2 Å². The largest absolute Gasteiger partial charge is 0.416 e. The average molecular weight is 495 g/mol. The first-order valence-corrected chi connectivity index (χ1v) is 11.5. The van der Waals surface area contributed by atoms with Gasteiger partial charge in [-0.3, -0.25) is 9.69 Å². The van der Waals surface area contributed by atoms with E-state index >= 15 is 0 Å². The van der Waals surface area contributed by atoms with Crippen molar-refractivity contribution in [3.63, 3.8) is 0 Å². The molecule has 186 valence electrons. The van der Waals surface area contributed by atoms with E-state index in [1.54, 1.807) is 19.2 Å². The van der Waals surface area contributed by atoms with Crippen LogP contribution in [0, 0.1) is 17.9 Å². The number of pyridine rings is 2. The molecule has 36 heavy (non-hydrogen) atoms. The van der Waals surface area contributed by atoms with E-state index in [1.165, 1.54) is 16.7 Å². The Kier molecular flexibility index (Phi) is 6.50. The first kappa shape index (κ1) is 25.2. The molecule has 1 aliphatic heterocycles. The summed E-state index contributed by atoms with van der Waals surface area (Å²) < 4.78 is 40.3. The lowest BCUT2D eigenvalue weighted by molar-refractivity contribution is -0.137. The molecule has 0 bridgehead atoms. The molecule has 0 amide bonds. The molecule has 3 atom stereocenters. The topological polar surface area (TPSA) is 69.5 Å². The van der Waals surface area contributed by atoms with E-state index in [-0.39, 0.29) is 29.5 Å². The molecule has 7 nitrogen and oxygen atoms in total. The minimum atomic E-state index is -4.38. The summed E-state index contributed by atoms with van der Waals surface area (Å²) in [5, 5.41) is 9.89. The number of halogens is 3. The van der Waals surface area contributed by atoms with Crippen LogP contribution in [0.5, 0.6) is 0 Å². The molecule has 3 heterocycles. The van der Waals surface area contributed by atoms with Gasteiger partial charge in [0.15, 0.2) is 0 Å². The summed E-state index contributed by atoms with van der Waals surface area (Å²) in [4.78, 5) is 25.1. The van der Waals surface area contributed by atoms with Crippen LogP contribution in [-0.2, 0) is 13.2 Å². The molecule has 4 rings (SSSR count). The van der Waals surface area contributed by atoms with Crippen molar-refractivity contribution in [1.82, 2.24) is 14.5 Å². The fourth-order valence-electron chi connectivity index (χ4n) is 4.97. The minimum absolute atomic E-state index is 0.0251. The van der Waals surface area contributed by atoms with Crippen molar-refractivity contribution in [3.05, 3.63) is 74.9 Å². The van der Waals surface area contributed by atoms with Gasteiger partial charge in [-0.25, -0.2) is 0 Å². The van der Waals surface area contributed by atoms with Crippen LogP contribution >= 0.6 is 0 Å². The first-order chi connectivity index (χ1) is 17.0. The third-order valence-corrected chi connectivity index (χ3v) is 6.97. The van der Waals surface area contributed by atoms with Gasteiger partial charge in [0.1, 0.15) is 17.3 Å². The second-order valence-corrected chi connectivity index (χ2v) is 9.19. The summed E-state index contributed by atoms with van der Waals surface area (Å²) in [6, 6.07) is 10.1. The molecule has 3 aromatic rings. The van der Waals surface area contributed by atoms with Gasteiger partial charge in [0, 0.05) is 38.3 Å². The molecule has 1 aliphatic rings. The molecule has 1 fully saturated rings. The number of nitrogens with zero attached hydrogens (tertiary/aromatic N) is 6. The Morgan fingerprint density at radius 1 is 1.14 bits per heavy atom. The van der Waals surface area contributed by atoms with Gasteiger partial charge in [0.25, 0.3) is 11.4 Å².